The van der Waals surface area contributed by atoms with Gasteiger partial charge in [-0.25, -0.2) is 0 Å². The van der Waals surface area contributed by atoms with Crippen molar-refractivity contribution in [3.8, 4) is 0 Å². The summed E-state index contributed by atoms with van der Waals surface area (Å²) in [4.78, 5) is 25.8. The molecule has 1 heterocycles. The molecule has 2 unspecified atom stereocenters. The van der Waals surface area contributed by atoms with Crippen LogP contribution >= 0.6 is 12.4 Å². The lowest BCUT2D eigenvalue weighted by molar-refractivity contribution is -0.133. The van der Waals surface area contributed by atoms with Crippen LogP contribution in [0.2, 0.25) is 0 Å². The summed E-state index contributed by atoms with van der Waals surface area (Å²) in [6, 6.07) is 0.237. The van der Waals surface area contributed by atoms with Gasteiger partial charge in [-0.2, -0.15) is 0 Å². The minimum Gasteiger partial charge on any atom is -0.347 e. The highest BCUT2D eigenvalue weighted by molar-refractivity contribution is 5.85. The van der Waals surface area contributed by atoms with Gasteiger partial charge in [0.1, 0.15) is 0 Å². The van der Waals surface area contributed by atoms with Crippen LogP contribution in [-0.4, -0.2) is 42.4 Å². The van der Waals surface area contributed by atoms with E-state index in [-0.39, 0.29) is 36.8 Å². The van der Waals surface area contributed by atoms with Crippen molar-refractivity contribution < 1.29 is 9.59 Å². The van der Waals surface area contributed by atoms with Crippen LogP contribution in [0, 0.1) is 11.8 Å². The molecular weight excluding hydrogens is 302 g/mol. The Balaban J connectivity index is 0.00000242. The maximum absolute atomic E-state index is 12.2. The van der Waals surface area contributed by atoms with E-state index in [0.717, 1.165) is 25.3 Å². The normalized spacial score (nSPS) is 25.1. The average Bonchev–Trinajstić information content (AvgIpc) is 3.11. The Hall–Kier alpha value is -0.810. The molecule has 1 aliphatic heterocycles. The molecule has 128 valence electrons. The number of rotatable bonds is 6. The van der Waals surface area contributed by atoms with Crippen LogP contribution in [0.5, 0.6) is 0 Å². The summed E-state index contributed by atoms with van der Waals surface area (Å²) >= 11 is 0. The van der Waals surface area contributed by atoms with Crippen LogP contribution in [0.15, 0.2) is 0 Å². The van der Waals surface area contributed by atoms with Crippen molar-refractivity contribution in [3.63, 3.8) is 0 Å². The van der Waals surface area contributed by atoms with Gasteiger partial charge in [0.2, 0.25) is 11.8 Å². The van der Waals surface area contributed by atoms with Gasteiger partial charge in [-0.05, 0) is 38.1 Å². The van der Waals surface area contributed by atoms with Crippen LogP contribution in [-0.2, 0) is 9.59 Å². The molecule has 2 rings (SSSR count). The van der Waals surface area contributed by atoms with E-state index >= 15 is 0 Å². The van der Waals surface area contributed by atoms with Crippen molar-refractivity contribution in [1.29, 1.82) is 0 Å². The van der Waals surface area contributed by atoms with Crippen molar-refractivity contribution in [2.24, 2.45) is 17.6 Å². The lowest BCUT2D eigenvalue weighted by Gasteiger charge is -2.21. The second-order valence-corrected chi connectivity index (χ2v) is 6.70. The van der Waals surface area contributed by atoms with Crippen molar-refractivity contribution >= 4 is 24.2 Å². The van der Waals surface area contributed by atoms with Crippen LogP contribution in [0.3, 0.4) is 0 Å². The summed E-state index contributed by atoms with van der Waals surface area (Å²) in [6.45, 7) is 3.54. The van der Waals surface area contributed by atoms with E-state index in [9.17, 15) is 9.59 Å². The van der Waals surface area contributed by atoms with Gasteiger partial charge in [0.25, 0.3) is 0 Å². The van der Waals surface area contributed by atoms with Gasteiger partial charge in [-0.15, -0.1) is 12.4 Å². The summed E-state index contributed by atoms with van der Waals surface area (Å²) in [7, 11) is 0. The van der Waals surface area contributed by atoms with E-state index in [1.165, 1.54) is 25.7 Å². The molecule has 2 amide bonds. The van der Waals surface area contributed by atoms with E-state index in [1.54, 1.807) is 0 Å². The van der Waals surface area contributed by atoms with Crippen molar-refractivity contribution in [2.75, 3.05) is 19.6 Å². The number of likely N-dealkylation sites (tertiary alicyclic amines) is 1. The highest BCUT2D eigenvalue weighted by Crippen LogP contribution is 2.28. The zero-order valence-electron chi connectivity index (χ0n) is 13.6. The van der Waals surface area contributed by atoms with E-state index in [2.05, 4.69) is 12.2 Å². The predicted molar refractivity (Wildman–Crippen MR) is 89.8 cm³/mol. The molecule has 1 saturated heterocycles. The Morgan fingerprint density at radius 2 is 1.91 bits per heavy atom. The second kappa shape index (κ2) is 9.36. The zero-order chi connectivity index (χ0) is 15.2. The van der Waals surface area contributed by atoms with E-state index in [4.69, 9.17) is 5.73 Å². The number of hydrogen-bond acceptors (Lipinski definition) is 3. The molecule has 0 aromatic heterocycles. The molecule has 0 aromatic rings. The Kier molecular flexibility index (Phi) is 8.18. The average molecular weight is 332 g/mol. The smallest absolute Gasteiger partial charge is 0.242 e. The van der Waals surface area contributed by atoms with E-state index < -0.39 is 0 Å². The number of amides is 2. The number of nitrogens with one attached hydrogen (secondary N) is 1. The number of hydrogen-bond donors (Lipinski definition) is 2. The van der Waals surface area contributed by atoms with E-state index in [0.29, 0.717) is 18.9 Å². The maximum atomic E-state index is 12.2. The van der Waals surface area contributed by atoms with Gasteiger partial charge >= 0.3 is 0 Å². The van der Waals surface area contributed by atoms with Gasteiger partial charge in [0.05, 0.1) is 6.54 Å². The summed E-state index contributed by atoms with van der Waals surface area (Å²) in [6.07, 6.45) is 7.63. The maximum Gasteiger partial charge on any atom is 0.242 e. The minimum atomic E-state index is 0. The Bertz CT molecular complexity index is 372. The van der Waals surface area contributed by atoms with Gasteiger partial charge < -0.3 is 16.0 Å². The highest BCUT2D eigenvalue weighted by Gasteiger charge is 2.31. The monoisotopic (exact) mass is 331 g/mol. The first kappa shape index (κ1) is 19.2. The number of nitrogens with two attached hydrogens (primary N) is 1. The van der Waals surface area contributed by atoms with Gasteiger partial charge in [-0.1, -0.05) is 25.7 Å². The molecular formula is C16H30ClN3O2. The van der Waals surface area contributed by atoms with Crippen LogP contribution < -0.4 is 11.1 Å². The minimum absolute atomic E-state index is 0. The van der Waals surface area contributed by atoms with Crippen LogP contribution in [0.1, 0.15) is 51.9 Å². The molecule has 22 heavy (non-hydrogen) atoms. The number of halogens is 1. The standard InChI is InChI=1S/C16H29N3O2.ClH/c1-12-8-14(9-17)11-19(12)16(21)10-18-15(20)7-6-13-4-2-3-5-13;/h12-14H,2-11,17H2,1H3,(H,18,20);1H. The Morgan fingerprint density at radius 1 is 1.23 bits per heavy atom. The SMILES string of the molecule is CC1CC(CN)CN1C(=O)CNC(=O)CCC1CCCC1.Cl. The number of nitrogens with zero attached hydrogens (tertiary/aromatic N) is 1. The van der Waals surface area contributed by atoms with Crippen LogP contribution in [0.25, 0.3) is 0 Å². The molecule has 0 aromatic carbocycles. The Morgan fingerprint density at radius 3 is 2.50 bits per heavy atom. The predicted octanol–water partition coefficient (Wildman–Crippen LogP) is 1.69. The first-order chi connectivity index (χ1) is 10.1. The first-order valence-corrected chi connectivity index (χ1v) is 8.36. The highest BCUT2D eigenvalue weighted by atomic mass is 35.5. The fraction of sp³-hybridized carbons (Fsp3) is 0.875. The number of carbonyl (C=O) groups is 2. The van der Waals surface area contributed by atoms with E-state index in [1.807, 2.05) is 4.90 Å². The Labute approximate surface area is 139 Å². The van der Waals surface area contributed by atoms with Gasteiger partial charge in [0.15, 0.2) is 0 Å². The lowest BCUT2D eigenvalue weighted by Crippen LogP contribution is -2.42. The third-order valence-electron chi connectivity index (χ3n) is 5.01. The number of carbonyl (C=O) groups excluding carboxylic acids is 2. The molecule has 0 spiro atoms. The van der Waals surface area contributed by atoms with Gasteiger partial charge in [0, 0.05) is 19.0 Å². The van der Waals surface area contributed by atoms with Crippen molar-refractivity contribution in [1.82, 2.24) is 10.2 Å². The fourth-order valence-electron chi connectivity index (χ4n) is 3.66. The zero-order valence-corrected chi connectivity index (χ0v) is 14.4. The molecule has 0 bridgehead atoms. The van der Waals surface area contributed by atoms with Gasteiger partial charge in [-0.3, -0.25) is 9.59 Å². The fourth-order valence-corrected chi connectivity index (χ4v) is 3.66. The van der Waals surface area contributed by atoms with Crippen LogP contribution in [0.4, 0.5) is 0 Å². The largest absolute Gasteiger partial charge is 0.347 e. The van der Waals surface area contributed by atoms with Crippen molar-refractivity contribution in [3.05, 3.63) is 0 Å². The summed E-state index contributed by atoms with van der Waals surface area (Å²) < 4.78 is 0. The topological polar surface area (TPSA) is 75.4 Å². The van der Waals surface area contributed by atoms with Crippen molar-refractivity contribution in [2.45, 2.75) is 57.9 Å². The quantitative estimate of drug-likeness (QED) is 0.777. The molecule has 3 N–H and O–H groups in total. The molecule has 5 nitrogen and oxygen atoms in total. The molecule has 6 heteroatoms. The molecule has 2 fully saturated rings. The molecule has 1 aliphatic carbocycles. The summed E-state index contributed by atoms with van der Waals surface area (Å²) in [5, 5.41) is 2.78. The summed E-state index contributed by atoms with van der Waals surface area (Å²) in [5.41, 5.74) is 5.67. The molecule has 1 saturated carbocycles. The third-order valence-corrected chi connectivity index (χ3v) is 5.01. The molecule has 2 atom stereocenters. The molecule has 0 radical (unpaired) electrons. The molecule has 2 aliphatic rings. The lowest BCUT2D eigenvalue weighted by atomic mass is 10.0. The third kappa shape index (κ3) is 5.43. The second-order valence-electron chi connectivity index (χ2n) is 6.70. The summed E-state index contributed by atoms with van der Waals surface area (Å²) in [5.74, 6) is 1.16. The first-order valence-electron chi connectivity index (χ1n) is 8.36.